The molecular weight excluding hydrogens is 360 g/mol. The van der Waals surface area contributed by atoms with E-state index >= 15 is 0 Å². The minimum Gasteiger partial charge on any atom is -0.493 e. The summed E-state index contributed by atoms with van der Waals surface area (Å²) in [5.41, 5.74) is 0.541. The molecule has 1 amide bonds. The number of aromatic nitrogens is 5. The second-order valence-corrected chi connectivity index (χ2v) is 6.11. The summed E-state index contributed by atoms with van der Waals surface area (Å²) in [5.74, 6) is 1.17. The summed E-state index contributed by atoms with van der Waals surface area (Å²) < 4.78 is 11.8. The molecule has 3 aromatic rings. The highest BCUT2D eigenvalue weighted by atomic mass is 32.2. The van der Waals surface area contributed by atoms with Crippen LogP contribution in [0, 0.1) is 6.92 Å². The molecule has 2 N–H and O–H groups in total. The first kappa shape index (κ1) is 17.7. The first-order valence-electron chi connectivity index (χ1n) is 7.49. The number of benzene rings is 1. The lowest BCUT2D eigenvalue weighted by atomic mass is 10.2. The van der Waals surface area contributed by atoms with Gasteiger partial charge in [0, 0.05) is 11.8 Å². The lowest BCUT2D eigenvalue weighted by molar-refractivity contribution is -0.113. The third-order valence-electron chi connectivity index (χ3n) is 3.42. The van der Waals surface area contributed by atoms with E-state index in [1.165, 1.54) is 11.6 Å². The highest BCUT2D eigenvalue weighted by molar-refractivity contribution is 7.99. The van der Waals surface area contributed by atoms with E-state index in [2.05, 4.69) is 25.6 Å². The predicted octanol–water partition coefficient (Wildman–Crippen LogP) is 0.869. The normalized spacial score (nSPS) is 10.7. The quantitative estimate of drug-likeness (QED) is 0.608. The van der Waals surface area contributed by atoms with Gasteiger partial charge in [-0.15, -0.1) is 10.2 Å². The molecule has 0 aliphatic heterocycles. The molecule has 2 heterocycles. The van der Waals surface area contributed by atoms with Crippen LogP contribution >= 0.6 is 11.8 Å². The third-order valence-corrected chi connectivity index (χ3v) is 4.33. The first-order valence-corrected chi connectivity index (χ1v) is 8.47. The van der Waals surface area contributed by atoms with Crippen LogP contribution < -0.4 is 20.3 Å². The van der Waals surface area contributed by atoms with Crippen LogP contribution in [0.1, 0.15) is 5.69 Å². The van der Waals surface area contributed by atoms with Crippen LogP contribution in [0.15, 0.2) is 28.2 Å². The fourth-order valence-electron chi connectivity index (χ4n) is 2.15. The number of nitrogens with one attached hydrogen (secondary N) is 2. The van der Waals surface area contributed by atoms with E-state index in [0.29, 0.717) is 22.3 Å². The molecular formula is C15H16N6O4S. The molecule has 0 saturated heterocycles. The van der Waals surface area contributed by atoms with Crippen LogP contribution in [0.4, 0.5) is 5.69 Å². The number of fused-ring (bicyclic) bond motifs is 1. The number of carbonyl (C=O) groups is 1. The molecule has 1 aromatic carbocycles. The van der Waals surface area contributed by atoms with Gasteiger partial charge in [-0.3, -0.25) is 14.6 Å². The average molecular weight is 376 g/mol. The average Bonchev–Trinajstić information content (AvgIpc) is 3.02. The SMILES string of the molecule is COc1ccc(NC(=O)CSc2nnc3[nH]c(=O)c(C)nn23)cc1OC. The smallest absolute Gasteiger partial charge is 0.273 e. The van der Waals surface area contributed by atoms with Crippen molar-refractivity contribution >= 4 is 29.1 Å². The van der Waals surface area contributed by atoms with E-state index < -0.39 is 0 Å². The fourth-order valence-corrected chi connectivity index (χ4v) is 2.83. The summed E-state index contributed by atoms with van der Waals surface area (Å²) in [7, 11) is 3.06. The van der Waals surface area contributed by atoms with Gasteiger partial charge in [-0.1, -0.05) is 11.8 Å². The van der Waals surface area contributed by atoms with Gasteiger partial charge in [0.1, 0.15) is 5.69 Å². The molecule has 0 aliphatic carbocycles. The van der Waals surface area contributed by atoms with Gasteiger partial charge in [-0.25, -0.2) is 0 Å². The van der Waals surface area contributed by atoms with Crippen LogP contribution in [0.2, 0.25) is 0 Å². The summed E-state index contributed by atoms with van der Waals surface area (Å²) in [6.07, 6.45) is 0. The van der Waals surface area contributed by atoms with Gasteiger partial charge < -0.3 is 14.8 Å². The van der Waals surface area contributed by atoms with Crippen molar-refractivity contribution in [2.24, 2.45) is 0 Å². The monoisotopic (exact) mass is 376 g/mol. The molecule has 11 heteroatoms. The zero-order valence-electron chi connectivity index (χ0n) is 14.3. The summed E-state index contributed by atoms with van der Waals surface area (Å²) in [4.78, 5) is 26.3. The van der Waals surface area contributed by atoms with Crippen LogP contribution in [0.3, 0.4) is 0 Å². The minimum atomic E-state index is -0.326. The molecule has 136 valence electrons. The van der Waals surface area contributed by atoms with Gasteiger partial charge in [0.05, 0.1) is 20.0 Å². The Morgan fingerprint density at radius 3 is 2.77 bits per heavy atom. The van der Waals surface area contributed by atoms with Crippen molar-refractivity contribution in [1.29, 1.82) is 0 Å². The maximum Gasteiger partial charge on any atom is 0.273 e. The summed E-state index contributed by atoms with van der Waals surface area (Å²) >= 11 is 1.15. The lowest BCUT2D eigenvalue weighted by Gasteiger charge is -2.10. The maximum atomic E-state index is 12.2. The number of amides is 1. The van der Waals surface area contributed by atoms with Crippen molar-refractivity contribution in [3.05, 3.63) is 34.2 Å². The van der Waals surface area contributed by atoms with E-state index in [9.17, 15) is 9.59 Å². The number of thioether (sulfide) groups is 1. The third kappa shape index (κ3) is 3.61. The van der Waals surface area contributed by atoms with E-state index in [-0.39, 0.29) is 28.7 Å². The Morgan fingerprint density at radius 2 is 2.04 bits per heavy atom. The van der Waals surface area contributed by atoms with E-state index in [1.54, 1.807) is 32.2 Å². The largest absolute Gasteiger partial charge is 0.493 e. The molecule has 0 saturated carbocycles. The Morgan fingerprint density at radius 1 is 1.27 bits per heavy atom. The molecule has 3 rings (SSSR count). The summed E-state index contributed by atoms with van der Waals surface area (Å²) in [6.45, 7) is 1.58. The predicted molar refractivity (Wildman–Crippen MR) is 95.0 cm³/mol. The number of anilines is 1. The fraction of sp³-hybridized carbons (Fsp3) is 0.267. The van der Waals surface area contributed by atoms with Crippen molar-refractivity contribution in [2.45, 2.75) is 12.1 Å². The zero-order valence-corrected chi connectivity index (χ0v) is 15.1. The van der Waals surface area contributed by atoms with Gasteiger partial charge in [0.2, 0.25) is 11.1 Å². The Balaban J connectivity index is 1.68. The van der Waals surface area contributed by atoms with Gasteiger partial charge in [-0.05, 0) is 19.1 Å². The molecule has 0 spiro atoms. The molecule has 0 radical (unpaired) electrons. The number of carbonyl (C=O) groups excluding carboxylic acids is 1. The van der Waals surface area contributed by atoms with E-state index in [0.717, 1.165) is 11.8 Å². The van der Waals surface area contributed by atoms with Gasteiger partial charge in [-0.2, -0.15) is 9.61 Å². The van der Waals surface area contributed by atoms with Crippen molar-refractivity contribution in [3.63, 3.8) is 0 Å². The summed E-state index contributed by atoms with van der Waals surface area (Å²) in [6, 6.07) is 5.09. The van der Waals surface area contributed by atoms with Crippen LogP contribution in [0.25, 0.3) is 5.78 Å². The highest BCUT2D eigenvalue weighted by Crippen LogP contribution is 2.29. The number of hydrogen-bond donors (Lipinski definition) is 2. The van der Waals surface area contributed by atoms with Crippen LogP contribution in [-0.2, 0) is 4.79 Å². The maximum absolute atomic E-state index is 12.2. The number of aryl methyl sites for hydroxylation is 1. The molecule has 10 nitrogen and oxygen atoms in total. The Labute approximate surface area is 151 Å². The minimum absolute atomic E-state index is 0.0923. The van der Waals surface area contributed by atoms with E-state index in [4.69, 9.17) is 9.47 Å². The molecule has 26 heavy (non-hydrogen) atoms. The Kier molecular flexibility index (Phi) is 5.07. The van der Waals surface area contributed by atoms with Crippen LogP contribution in [0.5, 0.6) is 11.5 Å². The number of rotatable bonds is 6. The molecule has 0 unspecified atom stereocenters. The summed E-state index contributed by atoms with van der Waals surface area (Å²) in [5, 5.41) is 15.0. The molecule has 0 aliphatic rings. The van der Waals surface area contributed by atoms with Gasteiger partial charge in [0.15, 0.2) is 11.5 Å². The zero-order chi connectivity index (χ0) is 18.7. The topological polar surface area (TPSA) is 124 Å². The number of H-pyrrole nitrogens is 1. The molecule has 0 fully saturated rings. The van der Waals surface area contributed by atoms with Crippen molar-refractivity contribution < 1.29 is 14.3 Å². The van der Waals surface area contributed by atoms with Crippen molar-refractivity contribution in [3.8, 4) is 11.5 Å². The number of nitrogens with zero attached hydrogens (tertiary/aromatic N) is 4. The lowest BCUT2D eigenvalue weighted by Crippen LogP contribution is -2.16. The number of methoxy groups -OCH3 is 2. The molecule has 2 aromatic heterocycles. The number of aromatic amines is 1. The number of hydrogen-bond acceptors (Lipinski definition) is 8. The second-order valence-electron chi connectivity index (χ2n) is 5.16. The van der Waals surface area contributed by atoms with Crippen molar-refractivity contribution in [1.82, 2.24) is 24.8 Å². The second kappa shape index (κ2) is 7.44. The molecule has 0 bridgehead atoms. The van der Waals surface area contributed by atoms with E-state index in [1.807, 2.05) is 0 Å². The van der Waals surface area contributed by atoms with Crippen molar-refractivity contribution in [2.75, 3.05) is 25.3 Å². The first-order chi connectivity index (χ1) is 12.5. The Hall–Kier alpha value is -3.08. The standard InChI is InChI=1S/C15H16N6O4S/c1-8-13(23)17-14-18-19-15(21(14)20-8)26-7-12(22)16-9-4-5-10(24-2)11(6-9)25-3/h4-6H,7H2,1-3H3,(H,16,22)(H,17,18,23). The Bertz CT molecular complexity index is 1020. The highest BCUT2D eigenvalue weighted by Gasteiger charge is 2.13. The molecule has 0 atom stereocenters. The van der Waals surface area contributed by atoms with Gasteiger partial charge >= 0.3 is 0 Å². The van der Waals surface area contributed by atoms with Crippen LogP contribution in [-0.4, -0.2) is 50.7 Å². The van der Waals surface area contributed by atoms with Gasteiger partial charge in [0.25, 0.3) is 11.3 Å². The number of ether oxygens (including phenoxy) is 2.